The Hall–Kier alpha value is -2.97. The molecule has 2 aliphatic rings. The molecule has 3 rings (SSSR count). The van der Waals surface area contributed by atoms with Gasteiger partial charge in [0.2, 0.25) is 0 Å². The van der Waals surface area contributed by atoms with E-state index >= 15 is 0 Å². The number of esters is 2. The largest absolute Gasteiger partial charge is 0.465 e. The highest BCUT2D eigenvalue weighted by Crippen LogP contribution is 2.33. The van der Waals surface area contributed by atoms with E-state index < -0.39 is 11.9 Å². The van der Waals surface area contributed by atoms with E-state index in [1.807, 2.05) is 30.3 Å². The van der Waals surface area contributed by atoms with Crippen molar-refractivity contribution in [2.75, 3.05) is 52.5 Å². The summed E-state index contributed by atoms with van der Waals surface area (Å²) >= 11 is 5.66. The second-order valence-corrected chi connectivity index (χ2v) is 7.17. The van der Waals surface area contributed by atoms with Crippen molar-refractivity contribution in [1.29, 1.82) is 0 Å². The first kappa shape index (κ1) is 21.7. The number of thiocarbonyl (C=S) groups is 1. The van der Waals surface area contributed by atoms with Crippen LogP contribution in [0.15, 0.2) is 53.8 Å². The molecule has 158 valence electrons. The summed E-state index contributed by atoms with van der Waals surface area (Å²) in [6, 6.07) is 7.70. The first-order valence-corrected chi connectivity index (χ1v) is 9.88. The van der Waals surface area contributed by atoms with Gasteiger partial charge in [-0.25, -0.2) is 9.59 Å². The minimum absolute atomic E-state index is 0.0988. The molecule has 0 atom stereocenters. The van der Waals surface area contributed by atoms with Crippen LogP contribution in [0, 0.1) is 0 Å². The van der Waals surface area contributed by atoms with E-state index in [0.717, 1.165) is 11.3 Å². The summed E-state index contributed by atoms with van der Waals surface area (Å²) in [5.74, 6) is -1.27. The Bertz CT molecular complexity index is 945. The van der Waals surface area contributed by atoms with Crippen molar-refractivity contribution < 1.29 is 23.8 Å². The molecule has 30 heavy (non-hydrogen) atoms. The van der Waals surface area contributed by atoms with Crippen molar-refractivity contribution >= 4 is 40.4 Å². The lowest BCUT2D eigenvalue weighted by atomic mass is 9.95. The molecule has 2 heterocycles. The van der Waals surface area contributed by atoms with E-state index in [0.29, 0.717) is 36.9 Å². The molecule has 0 aromatic heterocycles. The van der Waals surface area contributed by atoms with Gasteiger partial charge in [0.15, 0.2) is 0 Å². The fraction of sp³-hybridized carbons (Fsp3) is 0.318. The fourth-order valence-electron chi connectivity index (χ4n) is 3.35. The normalized spacial score (nSPS) is 21.4. The number of morpholine rings is 1. The maximum absolute atomic E-state index is 12.6. The second kappa shape index (κ2) is 9.69. The standard InChI is InChI=1S/C22H24N2O5S/c1-23-14-18(22(26)28-3)17(21(25)27-2)12-15(16-6-4-5-7-19(16)23)13-20(30)24-8-10-29-11-9-24/h4-7,12-14H,8-11H2,1-3H3/b15-13+,17-12+,18-14+. The molecule has 0 saturated carbocycles. The summed E-state index contributed by atoms with van der Waals surface area (Å²) in [4.78, 5) is 29.5. The number of hydrogen-bond acceptors (Lipinski definition) is 7. The van der Waals surface area contributed by atoms with Crippen molar-refractivity contribution in [2.45, 2.75) is 0 Å². The summed E-state index contributed by atoms with van der Waals surface area (Å²) in [5.41, 5.74) is 2.63. The molecule has 0 N–H and O–H groups in total. The Morgan fingerprint density at radius 3 is 2.37 bits per heavy atom. The van der Waals surface area contributed by atoms with Gasteiger partial charge in [0.05, 0.1) is 38.6 Å². The predicted molar refractivity (Wildman–Crippen MR) is 118 cm³/mol. The van der Waals surface area contributed by atoms with Crippen molar-refractivity contribution in [3.63, 3.8) is 0 Å². The van der Waals surface area contributed by atoms with E-state index in [-0.39, 0.29) is 11.1 Å². The number of carbonyl (C=O) groups excluding carboxylic acids is 2. The van der Waals surface area contributed by atoms with Crippen LogP contribution in [0.1, 0.15) is 5.56 Å². The van der Waals surface area contributed by atoms with Gasteiger partial charge in [-0.3, -0.25) is 0 Å². The number of fused-ring (bicyclic) bond motifs is 1. The van der Waals surface area contributed by atoms with Crippen molar-refractivity contribution in [3.8, 4) is 0 Å². The first-order chi connectivity index (χ1) is 14.5. The number of nitrogens with zero attached hydrogens (tertiary/aromatic N) is 2. The van der Waals surface area contributed by atoms with Crippen LogP contribution in [-0.4, -0.2) is 69.4 Å². The third kappa shape index (κ3) is 4.60. The van der Waals surface area contributed by atoms with Crippen LogP contribution < -0.4 is 4.90 Å². The monoisotopic (exact) mass is 428 g/mol. The van der Waals surface area contributed by atoms with E-state index in [2.05, 4.69) is 4.90 Å². The SMILES string of the molecule is COC(=O)C1=C/C(=C\C(=S)N2CCOCC2)c2ccccc2N(C)/C=C\1C(=O)OC. The lowest BCUT2D eigenvalue weighted by Crippen LogP contribution is -2.39. The molecule has 1 fully saturated rings. The van der Waals surface area contributed by atoms with Gasteiger partial charge in [0.25, 0.3) is 0 Å². The van der Waals surface area contributed by atoms with Crippen LogP contribution in [0.25, 0.3) is 5.57 Å². The topological polar surface area (TPSA) is 68.3 Å². The quantitative estimate of drug-likeness (QED) is 0.413. The average molecular weight is 429 g/mol. The van der Waals surface area contributed by atoms with Gasteiger partial charge >= 0.3 is 11.9 Å². The van der Waals surface area contributed by atoms with Gasteiger partial charge in [-0.15, -0.1) is 0 Å². The molecule has 2 aliphatic heterocycles. The van der Waals surface area contributed by atoms with Gasteiger partial charge in [-0.05, 0) is 23.8 Å². The number of rotatable bonds is 3. The molecule has 7 nitrogen and oxygen atoms in total. The molecular formula is C22H24N2O5S. The molecule has 0 bridgehead atoms. The van der Waals surface area contributed by atoms with Gasteiger partial charge < -0.3 is 24.0 Å². The molecule has 1 saturated heterocycles. The Morgan fingerprint density at radius 2 is 1.70 bits per heavy atom. The van der Waals surface area contributed by atoms with Crippen LogP contribution in [0.4, 0.5) is 5.69 Å². The predicted octanol–water partition coefficient (Wildman–Crippen LogP) is 2.34. The highest BCUT2D eigenvalue weighted by atomic mass is 32.1. The minimum atomic E-state index is -0.636. The van der Waals surface area contributed by atoms with Crippen LogP contribution in [0.2, 0.25) is 0 Å². The Kier molecular flexibility index (Phi) is 7.02. The van der Waals surface area contributed by atoms with Gasteiger partial charge in [-0.1, -0.05) is 30.4 Å². The number of para-hydroxylation sites is 1. The lowest BCUT2D eigenvalue weighted by molar-refractivity contribution is -0.139. The first-order valence-electron chi connectivity index (χ1n) is 9.47. The molecule has 1 aromatic carbocycles. The van der Waals surface area contributed by atoms with Crippen LogP contribution >= 0.6 is 12.2 Å². The molecule has 0 radical (unpaired) electrons. The Morgan fingerprint density at radius 1 is 1.07 bits per heavy atom. The summed E-state index contributed by atoms with van der Waals surface area (Å²) in [7, 11) is 4.35. The minimum Gasteiger partial charge on any atom is -0.465 e. The average Bonchev–Trinajstić information content (AvgIpc) is 2.78. The third-order valence-electron chi connectivity index (χ3n) is 4.92. The van der Waals surface area contributed by atoms with Gasteiger partial charge in [0, 0.05) is 37.6 Å². The summed E-state index contributed by atoms with van der Waals surface area (Å²) in [6.45, 7) is 2.62. The molecule has 0 aliphatic carbocycles. The van der Waals surface area contributed by atoms with Crippen LogP contribution in [0.5, 0.6) is 0 Å². The zero-order chi connectivity index (χ0) is 21.7. The molecule has 0 unspecified atom stereocenters. The van der Waals surface area contributed by atoms with E-state index in [1.54, 1.807) is 24.2 Å². The number of allylic oxidation sites excluding steroid dienone is 2. The van der Waals surface area contributed by atoms with Crippen molar-refractivity contribution in [1.82, 2.24) is 4.90 Å². The number of carbonyl (C=O) groups is 2. The van der Waals surface area contributed by atoms with Crippen LogP contribution in [0.3, 0.4) is 0 Å². The molecule has 0 spiro atoms. The van der Waals surface area contributed by atoms with Crippen molar-refractivity contribution in [3.05, 3.63) is 59.3 Å². The molecule has 0 amide bonds. The molecule has 8 heteroatoms. The van der Waals surface area contributed by atoms with Crippen molar-refractivity contribution in [2.24, 2.45) is 0 Å². The summed E-state index contributed by atoms with van der Waals surface area (Å²) < 4.78 is 15.3. The summed E-state index contributed by atoms with van der Waals surface area (Å²) in [6.07, 6.45) is 5.05. The molecule has 1 aromatic rings. The van der Waals surface area contributed by atoms with Crippen LogP contribution in [-0.2, 0) is 23.8 Å². The Labute approximate surface area is 181 Å². The maximum Gasteiger partial charge on any atom is 0.340 e. The zero-order valence-corrected chi connectivity index (χ0v) is 18.0. The molecular weight excluding hydrogens is 404 g/mol. The maximum atomic E-state index is 12.6. The van der Waals surface area contributed by atoms with Gasteiger partial charge in [0.1, 0.15) is 4.99 Å². The highest BCUT2D eigenvalue weighted by molar-refractivity contribution is 7.80. The van der Waals surface area contributed by atoms with E-state index in [1.165, 1.54) is 14.2 Å². The highest BCUT2D eigenvalue weighted by Gasteiger charge is 2.27. The fourth-order valence-corrected chi connectivity index (χ4v) is 3.66. The number of hydrogen-bond donors (Lipinski definition) is 0. The summed E-state index contributed by atoms with van der Waals surface area (Å²) in [5, 5.41) is 0. The second-order valence-electron chi connectivity index (χ2n) is 6.75. The Balaban J connectivity index is 2.19. The number of anilines is 1. The number of benzene rings is 1. The smallest absolute Gasteiger partial charge is 0.340 e. The lowest BCUT2D eigenvalue weighted by Gasteiger charge is -2.29. The zero-order valence-electron chi connectivity index (χ0n) is 17.2. The third-order valence-corrected chi connectivity index (χ3v) is 5.30. The number of ether oxygens (including phenoxy) is 3. The van der Waals surface area contributed by atoms with E-state index in [4.69, 9.17) is 26.4 Å². The number of methoxy groups -OCH3 is 2. The van der Waals surface area contributed by atoms with E-state index in [9.17, 15) is 9.59 Å². The van der Waals surface area contributed by atoms with Gasteiger partial charge in [-0.2, -0.15) is 0 Å².